The molecule has 3 atom stereocenters. The fourth-order valence-corrected chi connectivity index (χ4v) is 2.88. The summed E-state index contributed by atoms with van der Waals surface area (Å²) in [5, 5.41) is 14.3. The van der Waals surface area contributed by atoms with Crippen molar-refractivity contribution in [2.24, 2.45) is 0 Å². The zero-order valence-electron chi connectivity index (χ0n) is 10.4. The fraction of sp³-hybridized carbons (Fsp3) is 0.583. The summed E-state index contributed by atoms with van der Waals surface area (Å²) in [5.74, 6) is 0.417. The molecule has 2 rings (SSSR count). The number of amides is 1. The van der Waals surface area contributed by atoms with Crippen molar-refractivity contribution >= 4 is 28.8 Å². The van der Waals surface area contributed by atoms with E-state index >= 15 is 0 Å². The van der Waals surface area contributed by atoms with Crippen molar-refractivity contribution in [1.29, 1.82) is 0 Å². The first kappa shape index (κ1) is 13.6. The molecule has 0 aromatic carbocycles. The molecule has 1 amide bonds. The van der Waals surface area contributed by atoms with E-state index in [1.807, 2.05) is 11.4 Å². The molecular weight excluding hydrogens is 274 g/mol. The third kappa shape index (κ3) is 2.35. The van der Waals surface area contributed by atoms with Gasteiger partial charge in [0.15, 0.2) is 0 Å². The Morgan fingerprint density at radius 2 is 2.33 bits per heavy atom. The van der Waals surface area contributed by atoms with Gasteiger partial charge in [-0.25, -0.2) is 0 Å². The Kier molecular flexibility index (Phi) is 3.58. The van der Waals surface area contributed by atoms with Crippen LogP contribution in [0.1, 0.15) is 31.7 Å². The Morgan fingerprint density at radius 3 is 2.94 bits per heavy atom. The number of nitrogens with one attached hydrogen (secondary N) is 1. The maximum atomic E-state index is 11.7. The quantitative estimate of drug-likeness (QED) is 0.820. The zero-order chi connectivity index (χ0) is 13.5. The molecule has 0 spiro atoms. The molecule has 0 bridgehead atoms. The van der Waals surface area contributed by atoms with Gasteiger partial charge < -0.3 is 15.2 Å². The molecule has 6 heteroatoms. The Bertz CT molecular complexity index is 458. The minimum atomic E-state index is -0.817. The predicted octanol–water partition coefficient (Wildman–Crippen LogP) is 2.06. The topological polar surface area (TPSA) is 58.6 Å². The van der Waals surface area contributed by atoms with Gasteiger partial charge in [0.2, 0.25) is 5.91 Å². The Labute approximate surface area is 115 Å². The SMILES string of the molecule is CC(Cl)C(=O)N[C@H]1c2sccc2OC(C)(C)[C@@H]1O. The van der Waals surface area contributed by atoms with Crippen LogP contribution in [0.5, 0.6) is 5.75 Å². The fourth-order valence-electron chi connectivity index (χ4n) is 1.92. The molecule has 0 radical (unpaired) electrons. The molecule has 2 heterocycles. The van der Waals surface area contributed by atoms with Crippen molar-refractivity contribution in [2.45, 2.75) is 43.9 Å². The summed E-state index contributed by atoms with van der Waals surface area (Å²) in [6, 6.07) is 1.37. The van der Waals surface area contributed by atoms with Gasteiger partial charge in [0.05, 0.1) is 10.9 Å². The maximum absolute atomic E-state index is 11.7. The summed E-state index contributed by atoms with van der Waals surface area (Å²) < 4.78 is 5.72. The second kappa shape index (κ2) is 4.72. The molecule has 100 valence electrons. The van der Waals surface area contributed by atoms with Crippen LogP contribution in [-0.2, 0) is 4.79 Å². The van der Waals surface area contributed by atoms with Crippen LogP contribution < -0.4 is 10.1 Å². The van der Waals surface area contributed by atoms with Gasteiger partial charge >= 0.3 is 0 Å². The van der Waals surface area contributed by atoms with Crippen LogP contribution in [0, 0.1) is 0 Å². The number of fused-ring (bicyclic) bond motifs is 1. The second-order valence-electron chi connectivity index (χ2n) is 4.90. The molecule has 0 aliphatic carbocycles. The van der Waals surface area contributed by atoms with Crippen LogP contribution in [-0.4, -0.2) is 28.1 Å². The van der Waals surface area contributed by atoms with E-state index in [4.69, 9.17) is 16.3 Å². The highest BCUT2D eigenvalue weighted by atomic mass is 35.5. The van der Waals surface area contributed by atoms with E-state index in [2.05, 4.69) is 5.32 Å². The van der Waals surface area contributed by atoms with Crippen molar-refractivity contribution in [3.8, 4) is 5.75 Å². The van der Waals surface area contributed by atoms with E-state index in [1.165, 1.54) is 11.3 Å². The lowest BCUT2D eigenvalue weighted by Crippen LogP contribution is -2.53. The first-order chi connectivity index (χ1) is 8.33. The summed E-state index contributed by atoms with van der Waals surface area (Å²) in [4.78, 5) is 12.5. The summed E-state index contributed by atoms with van der Waals surface area (Å²) in [7, 11) is 0. The van der Waals surface area contributed by atoms with Gasteiger partial charge in [-0.1, -0.05) is 0 Å². The number of rotatable bonds is 2. The van der Waals surface area contributed by atoms with Crippen molar-refractivity contribution in [3.05, 3.63) is 16.3 Å². The highest BCUT2D eigenvalue weighted by Gasteiger charge is 2.44. The molecule has 18 heavy (non-hydrogen) atoms. The average molecular weight is 290 g/mol. The third-order valence-electron chi connectivity index (χ3n) is 3.00. The Balaban J connectivity index is 2.31. The standard InChI is InChI=1S/C12H16ClNO3S/c1-6(13)11(16)14-8-9-7(4-5-18-9)17-12(2,3)10(8)15/h4-6,8,10,15H,1-3H3,(H,14,16)/t6?,8-,10+/m0/s1. The number of thiophene rings is 1. The number of alkyl halides is 1. The number of carbonyl (C=O) groups excluding carboxylic acids is 1. The second-order valence-corrected chi connectivity index (χ2v) is 6.50. The molecule has 0 saturated carbocycles. The third-order valence-corrected chi connectivity index (χ3v) is 4.18. The van der Waals surface area contributed by atoms with Crippen LogP contribution in [0.4, 0.5) is 0 Å². The number of aliphatic hydroxyl groups excluding tert-OH is 1. The van der Waals surface area contributed by atoms with E-state index in [0.717, 1.165) is 4.88 Å². The predicted molar refractivity (Wildman–Crippen MR) is 71.2 cm³/mol. The molecule has 1 aromatic heterocycles. The van der Waals surface area contributed by atoms with E-state index in [0.29, 0.717) is 5.75 Å². The summed E-state index contributed by atoms with van der Waals surface area (Å²) in [6.07, 6.45) is -0.817. The largest absolute Gasteiger partial charge is 0.484 e. The summed E-state index contributed by atoms with van der Waals surface area (Å²) in [6.45, 7) is 5.19. The van der Waals surface area contributed by atoms with Crippen molar-refractivity contribution in [1.82, 2.24) is 5.32 Å². The van der Waals surface area contributed by atoms with Gasteiger partial charge in [-0.15, -0.1) is 22.9 Å². The van der Waals surface area contributed by atoms with Gasteiger partial charge in [-0.3, -0.25) is 4.79 Å². The zero-order valence-corrected chi connectivity index (χ0v) is 12.0. The molecule has 1 unspecified atom stereocenters. The van der Waals surface area contributed by atoms with E-state index in [1.54, 1.807) is 20.8 Å². The lowest BCUT2D eigenvalue weighted by Gasteiger charge is -2.40. The van der Waals surface area contributed by atoms with Crippen LogP contribution in [0.2, 0.25) is 0 Å². The van der Waals surface area contributed by atoms with Crippen molar-refractivity contribution in [2.75, 3.05) is 0 Å². The number of hydrogen-bond acceptors (Lipinski definition) is 4. The lowest BCUT2D eigenvalue weighted by atomic mass is 9.90. The molecule has 0 fully saturated rings. The number of carbonyl (C=O) groups is 1. The Morgan fingerprint density at radius 1 is 1.67 bits per heavy atom. The van der Waals surface area contributed by atoms with E-state index in [9.17, 15) is 9.90 Å². The molecule has 1 aromatic rings. The van der Waals surface area contributed by atoms with Crippen LogP contribution in [0.25, 0.3) is 0 Å². The van der Waals surface area contributed by atoms with Crippen molar-refractivity contribution in [3.63, 3.8) is 0 Å². The van der Waals surface area contributed by atoms with Crippen molar-refractivity contribution < 1.29 is 14.6 Å². The minimum Gasteiger partial charge on any atom is -0.484 e. The molecule has 0 saturated heterocycles. The average Bonchev–Trinajstić information content (AvgIpc) is 2.70. The number of halogens is 1. The Hall–Kier alpha value is -0.780. The molecule has 1 aliphatic rings. The molecule has 1 aliphatic heterocycles. The maximum Gasteiger partial charge on any atom is 0.238 e. The first-order valence-electron chi connectivity index (χ1n) is 5.72. The number of aliphatic hydroxyl groups is 1. The monoisotopic (exact) mass is 289 g/mol. The van der Waals surface area contributed by atoms with Gasteiger partial charge in [-0.05, 0) is 32.2 Å². The summed E-state index contributed by atoms with van der Waals surface area (Å²) >= 11 is 7.19. The summed E-state index contributed by atoms with van der Waals surface area (Å²) in [5.41, 5.74) is -0.748. The van der Waals surface area contributed by atoms with Gasteiger partial charge in [0.1, 0.15) is 22.8 Å². The van der Waals surface area contributed by atoms with Gasteiger partial charge in [0.25, 0.3) is 0 Å². The smallest absolute Gasteiger partial charge is 0.238 e. The minimum absolute atomic E-state index is 0.294. The molecule has 2 N–H and O–H groups in total. The van der Waals surface area contributed by atoms with Crippen LogP contribution >= 0.6 is 22.9 Å². The van der Waals surface area contributed by atoms with Crippen LogP contribution in [0.3, 0.4) is 0 Å². The highest BCUT2D eigenvalue weighted by Crippen LogP contribution is 2.42. The normalized spacial score (nSPS) is 26.9. The van der Waals surface area contributed by atoms with E-state index < -0.39 is 23.1 Å². The van der Waals surface area contributed by atoms with Gasteiger partial charge in [-0.2, -0.15) is 0 Å². The lowest BCUT2D eigenvalue weighted by molar-refractivity contribution is -0.124. The number of hydrogen-bond donors (Lipinski definition) is 2. The number of ether oxygens (including phenoxy) is 1. The van der Waals surface area contributed by atoms with Crippen LogP contribution in [0.15, 0.2) is 11.4 Å². The highest BCUT2D eigenvalue weighted by molar-refractivity contribution is 7.10. The molecule has 4 nitrogen and oxygen atoms in total. The van der Waals surface area contributed by atoms with Gasteiger partial charge in [0, 0.05) is 0 Å². The van der Waals surface area contributed by atoms with E-state index in [-0.39, 0.29) is 5.91 Å². The first-order valence-corrected chi connectivity index (χ1v) is 7.03. The molecular formula is C12H16ClNO3S.